The second-order valence-corrected chi connectivity index (χ2v) is 7.40. The molecule has 3 aromatic rings. The van der Waals surface area contributed by atoms with Gasteiger partial charge in [-0.15, -0.1) is 23.1 Å². The van der Waals surface area contributed by atoms with E-state index in [1.165, 1.54) is 16.2 Å². The van der Waals surface area contributed by atoms with Crippen molar-refractivity contribution >= 4 is 39.8 Å². The first-order valence-electron chi connectivity index (χ1n) is 7.75. The van der Waals surface area contributed by atoms with E-state index in [1.807, 2.05) is 60.8 Å². The highest BCUT2D eigenvalue weighted by molar-refractivity contribution is 7.98. The van der Waals surface area contributed by atoms with Crippen LogP contribution in [0.25, 0.3) is 11.3 Å². The number of aromatic nitrogens is 1. The van der Waals surface area contributed by atoms with E-state index in [-0.39, 0.29) is 5.91 Å². The summed E-state index contributed by atoms with van der Waals surface area (Å²) in [7, 11) is 3.94. The van der Waals surface area contributed by atoms with Gasteiger partial charge in [0.05, 0.1) is 5.69 Å². The maximum absolute atomic E-state index is 12.4. The zero-order valence-corrected chi connectivity index (χ0v) is 15.9. The number of nitrogens with zero attached hydrogens (tertiary/aromatic N) is 2. The fraction of sp³-hybridized carbons (Fsp3) is 0.158. The van der Waals surface area contributed by atoms with Crippen LogP contribution >= 0.6 is 23.1 Å². The zero-order chi connectivity index (χ0) is 17.8. The summed E-state index contributed by atoms with van der Waals surface area (Å²) in [6.45, 7) is 0. The van der Waals surface area contributed by atoms with Gasteiger partial charge in [-0.2, -0.15) is 0 Å². The van der Waals surface area contributed by atoms with Crippen molar-refractivity contribution in [2.75, 3.05) is 30.6 Å². The number of thiazole rings is 1. The van der Waals surface area contributed by atoms with Crippen LogP contribution in [0.4, 0.5) is 10.8 Å². The van der Waals surface area contributed by atoms with Crippen molar-refractivity contribution in [2.45, 2.75) is 4.90 Å². The van der Waals surface area contributed by atoms with E-state index in [2.05, 4.69) is 28.7 Å². The summed E-state index contributed by atoms with van der Waals surface area (Å²) in [5, 5.41) is 5.43. The number of hydrogen-bond donors (Lipinski definition) is 1. The molecule has 0 bridgehead atoms. The van der Waals surface area contributed by atoms with E-state index in [1.54, 1.807) is 11.8 Å². The molecule has 0 unspecified atom stereocenters. The molecule has 0 radical (unpaired) electrons. The van der Waals surface area contributed by atoms with E-state index >= 15 is 0 Å². The first-order chi connectivity index (χ1) is 12.1. The molecule has 1 amide bonds. The molecule has 4 nitrogen and oxygen atoms in total. The summed E-state index contributed by atoms with van der Waals surface area (Å²) in [6, 6.07) is 15.7. The van der Waals surface area contributed by atoms with Crippen LogP contribution in [0.1, 0.15) is 10.4 Å². The van der Waals surface area contributed by atoms with Crippen LogP contribution in [0.5, 0.6) is 0 Å². The molecule has 0 saturated heterocycles. The molecule has 0 aliphatic heterocycles. The topological polar surface area (TPSA) is 45.2 Å². The van der Waals surface area contributed by atoms with Crippen LogP contribution in [-0.4, -0.2) is 31.2 Å². The third-order valence-electron chi connectivity index (χ3n) is 3.76. The zero-order valence-electron chi connectivity index (χ0n) is 14.3. The fourth-order valence-corrected chi connectivity index (χ4v) is 3.43. The monoisotopic (exact) mass is 369 g/mol. The van der Waals surface area contributed by atoms with Crippen molar-refractivity contribution in [3.63, 3.8) is 0 Å². The lowest BCUT2D eigenvalue weighted by molar-refractivity contribution is 0.102. The third kappa shape index (κ3) is 4.21. The van der Waals surface area contributed by atoms with Gasteiger partial charge in [0.1, 0.15) is 0 Å². The Bertz CT molecular complexity index is 855. The number of nitrogens with one attached hydrogen (secondary N) is 1. The van der Waals surface area contributed by atoms with Crippen molar-refractivity contribution in [1.82, 2.24) is 4.98 Å². The second kappa shape index (κ2) is 7.72. The largest absolute Gasteiger partial charge is 0.378 e. The maximum atomic E-state index is 12.4. The average Bonchev–Trinajstić information content (AvgIpc) is 3.10. The number of hydrogen-bond acceptors (Lipinski definition) is 5. The summed E-state index contributed by atoms with van der Waals surface area (Å²) >= 11 is 3.14. The Balaban J connectivity index is 1.70. The van der Waals surface area contributed by atoms with Crippen LogP contribution in [0.2, 0.25) is 0 Å². The maximum Gasteiger partial charge on any atom is 0.257 e. The molecule has 0 aliphatic rings. The lowest BCUT2D eigenvalue weighted by atomic mass is 10.2. The molecule has 0 fully saturated rings. The first kappa shape index (κ1) is 17.5. The number of amides is 1. The van der Waals surface area contributed by atoms with E-state index in [0.717, 1.165) is 16.9 Å². The molecule has 1 N–H and O–H groups in total. The number of benzene rings is 2. The Morgan fingerprint density at radius 3 is 2.36 bits per heavy atom. The number of carbonyl (C=O) groups is 1. The third-order valence-corrected chi connectivity index (χ3v) is 5.26. The molecule has 1 heterocycles. The summed E-state index contributed by atoms with van der Waals surface area (Å²) in [6.07, 6.45) is 2.05. The van der Waals surface area contributed by atoms with E-state index in [9.17, 15) is 4.79 Å². The summed E-state index contributed by atoms with van der Waals surface area (Å²) in [5.41, 5.74) is 3.59. The molecule has 1 aromatic heterocycles. The lowest BCUT2D eigenvalue weighted by Gasteiger charge is -2.12. The van der Waals surface area contributed by atoms with Gasteiger partial charge in [0.15, 0.2) is 5.13 Å². The van der Waals surface area contributed by atoms with Crippen molar-refractivity contribution in [2.24, 2.45) is 0 Å². The normalized spacial score (nSPS) is 10.5. The molecule has 0 atom stereocenters. The van der Waals surface area contributed by atoms with Gasteiger partial charge in [-0.25, -0.2) is 4.98 Å². The Kier molecular flexibility index (Phi) is 5.40. The van der Waals surface area contributed by atoms with Crippen LogP contribution in [0.3, 0.4) is 0 Å². The van der Waals surface area contributed by atoms with Gasteiger partial charge in [-0.1, -0.05) is 12.1 Å². The first-order valence-corrected chi connectivity index (χ1v) is 9.86. The Morgan fingerprint density at radius 1 is 1.08 bits per heavy atom. The van der Waals surface area contributed by atoms with Crippen molar-refractivity contribution < 1.29 is 4.79 Å². The molecule has 128 valence electrons. The van der Waals surface area contributed by atoms with Gasteiger partial charge >= 0.3 is 0 Å². The van der Waals surface area contributed by atoms with Crippen molar-refractivity contribution in [3.05, 3.63) is 59.5 Å². The van der Waals surface area contributed by atoms with Crippen LogP contribution < -0.4 is 10.2 Å². The molecule has 3 rings (SSSR count). The standard InChI is InChI=1S/C19H19N3OS2/c1-22(2)15-8-4-14(5-9-15)18(23)21-19-20-17(12-25-19)13-6-10-16(24-3)11-7-13/h4-12H,1-3H3,(H,20,21,23). The minimum Gasteiger partial charge on any atom is -0.378 e. The number of carbonyl (C=O) groups excluding carboxylic acids is 1. The van der Waals surface area contributed by atoms with Crippen LogP contribution in [0.15, 0.2) is 58.8 Å². The minimum absolute atomic E-state index is 0.149. The van der Waals surface area contributed by atoms with Crippen molar-refractivity contribution in [1.29, 1.82) is 0 Å². The smallest absolute Gasteiger partial charge is 0.257 e. The van der Waals surface area contributed by atoms with Crippen LogP contribution in [0, 0.1) is 0 Å². The van der Waals surface area contributed by atoms with Gasteiger partial charge in [-0.05, 0) is 42.7 Å². The highest BCUT2D eigenvalue weighted by atomic mass is 32.2. The summed E-state index contributed by atoms with van der Waals surface area (Å²) in [4.78, 5) is 20.1. The van der Waals surface area contributed by atoms with Crippen LogP contribution in [-0.2, 0) is 0 Å². The predicted octanol–water partition coefficient (Wildman–Crippen LogP) is 4.85. The molecular formula is C19H19N3OS2. The quantitative estimate of drug-likeness (QED) is 0.653. The van der Waals surface area contributed by atoms with E-state index in [4.69, 9.17) is 0 Å². The highest BCUT2D eigenvalue weighted by Gasteiger charge is 2.10. The SMILES string of the molecule is CSc1ccc(-c2csc(NC(=O)c3ccc(N(C)C)cc3)n2)cc1. The Labute approximate surface area is 155 Å². The molecule has 0 spiro atoms. The predicted molar refractivity (Wildman–Crippen MR) is 108 cm³/mol. The molecular weight excluding hydrogens is 350 g/mol. The Morgan fingerprint density at radius 2 is 1.76 bits per heavy atom. The highest BCUT2D eigenvalue weighted by Crippen LogP contribution is 2.27. The lowest BCUT2D eigenvalue weighted by Crippen LogP contribution is -2.13. The number of rotatable bonds is 5. The second-order valence-electron chi connectivity index (χ2n) is 5.66. The number of thioether (sulfide) groups is 1. The molecule has 0 saturated carbocycles. The molecule has 25 heavy (non-hydrogen) atoms. The van der Waals surface area contributed by atoms with Gasteiger partial charge in [0.2, 0.25) is 0 Å². The molecule has 0 aliphatic carbocycles. The van der Waals surface area contributed by atoms with Crippen molar-refractivity contribution in [3.8, 4) is 11.3 Å². The summed E-state index contributed by atoms with van der Waals surface area (Å²) < 4.78 is 0. The van der Waals surface area contributed by atoms with Gasteiger partial charge in [0, 0.05) is 41.2 Å². The van der Waals surface area contributed by atoms with E-state index in [0.29, 0.717) is 10.7 Å². The summed E-state index contributed by atoms with van der Waals surface area (Å²) in [5.74, 6) is -0.149. The number of anilines is 2. The molecule has 6 heteroatoms. The van der Waals surface area contributed by atoms with Gasteiger partial charge in [-0.3, -0.25) is 10.1 Å². The van der Waals surface area contributed by atoms with Gasteiger partial charge in [0.25, 0.3) is 5.91 Å². The fourth-order valence-electron chi connectivity index (χ4n) is 2.31. The Hall–Kier alpha value is -2.31. The minimum atomic E-state index is -0.149. The van der Waals surface area contributed by atoms with Gasteiger partial charge < -0.3 is 4.90 Å². The average molecular weight is 370 g/mol. The van der Waals surface area contributed by atoms with E-state index < -0.39 is 0 Å². The molecule has 2 aromatic carbocycles.